The Morgan fingerprint density at radius 1 is 1.32 bits per heavy atom. The van der Waals surface area contributed by atoms with Gasteiger partial charge in [0.2, 0.25) is 5.91 Å². The Morgan fingerprint density at radius 2 is 2.11 bits per heavy atom. The van der Waals surface area contributed by atoms with E-state index in [1.807, 2.05) is 17.1 Å². The van der Waals surface area contributed by atoms with Crippen molar-refractivity contribution in [1.82, 2.24) is 29.6 Å². The largest absolute Gasteiger partial charge is 0.389 e. The predicted molar refractivity (Wildman–Crippen MR) is 144 cm³/mol. The lowest BCUT2D eigenvalue weighted by atomic mass is 9.88. The molecule has 1 saturated carbocycles. The first-order valence-corrected chi connectivity index (χ1v) is 13.5. The molecule has 12 heteroatoms. The molecule has 0 unspecified atom stereocenters. The van der Waals surface area contributed by atoms with Crippen LogP contribution in [0.2, 0.25) is 5.02 Å². The van der Waals surface area contributed by atoms with Gasteiger partial charge in [0, 0.05) is 39.0 Å². The van der Waals surface area contributed by atoms with Crippen molar-refractivity contribution >= 4 is 34.4 Å². The van der Waals surface area contributed by atoms with Gasteiger partial charge in [0.05, 0.1) is 53.3 Å². The van der Waals surface area contributed by atoms with Gasteiger partial charge in [0.25, 0.3) is 0 Å². The molecular formula is C26H33ClN8O3. The number of allylic oxidation sites excluding steroid dienone is 1. The third-order valence-electron chi connectivity index (χ3n) is 8.20. The second-order valence-corrected chi connectivity index (χ2v) is 11.1. The molecule has 2 aliphatic carbocycles. The number of imidazole rings is 1. The van der Waals surface area contributed by atoms with Crippen molar-refractivity contribution in [2.75, 3.05) is 38.7 Å². The number of nitrogens with two attached hydrogens (primary N) is 1. The number of nitrogens with one attached hydrogen (secondary N) is 2. The van der Waals surface area contributed by atoms with Crippen LogP contribution in [0, 0.1) is 17.8 Å². The number of aliphatic hydroxyl groups excluding tert-OH is 1. The Hall–Kier alpha value is -2.99. The van der Waals surface area contributed by atoms with Crippen molar-refractivity contribution in [3.05, 3.63) is 35.8 Å². The number of methoxy groups -OCH3 is 1. The average molecular weight is 541 g/mol. The molecule has 2 bridgehead atoms. The monoisotopic (exact) mass is 540 g/mol. The second-order valence-electron chi connectivity index (χ2n) is 10.7. The van der Waals surface area contributed by atoms with Crippen molar-refractivity contribution in [2.24, 2.45) is 23.5 Å². The zero-order valence-electron chi connectivity index (χ0n) is 21.3. The molecule has 1 amide bonds. The Bertz CT molecular complexity index is 1350. The molecule has 4 heterocycles. The minimum Gasteiger partial charge on any atom is -0.389 e. The molecule has 5 atom stereocenters. The molecule has 1 aliphatic heterocycles. The van der Waals surface area contributed by atoms with Crippen LogP contribution in [0.25, 0.3) is 22.6 Å². The fraction of sp³-hybridized carbons (Fsp3) is 0.538. The molecule has 202 valence electrons. The van der Waals surface area contributed by atoms with Gasteiger partial charge in [0.1, 0.15) is 11.3 Å². The van der Waals surface area contributed by atoms with Crippen molar-refractivity contribution in [1.29, 1.82) is 0 Å². The highest BCUT2D eigenvalue weighted by atomic mass is 35.5. The molecule has 5 N–H and O–H groups in total. The van der Waals surface area contributed by atoms with Crippen LogP contribution in [0.4, 0.5) is 5.69 Å². The summed E-state index contributed by atoms with van der Waals surface area (Å²) < 4.78 is 7.04. The fourth-order valence-corrected chi connectivity index (χ4v) is 6.54. The van der Waals surface area contributed by atoms with Gasteiger partial charge in [-0.3, -0.25) is 9.48 Å². The number of nitrogens with zero attached hydrogens (tertiary/aromatic N) is 5. The third-order valence-corrected chi connectivity index (χ3v) is 8.49. The maximum Gasteiger partial charge on any atom is 0.223 e. The Morgan fingerprint density at radius 3 is 2.87 bits per heavy atom. The second kappa shape index (κ2) is 10.3. The van der Waals surface area contributed by atoms with Crippen LogP contribution in [0.15, 0.2) is 30.7 Å². The van der Waals surface area contributed by atoms with Crippen LogP contribution < -0.4 is 11.1 Å². The number of H-pyrrole nitrogens is 1. The number of halogens is 1. The van der Waals surface area contributed by atoms with E-state index in [1.54, 1.807) is 13.3 Å². The molecular weight excluding hydrogens is 508 g/mol. The van der Waals surface area contributed by atoms with Crippen molar-refractivity contribution in [3.8, 4) is 11.4 Å². The number of β-amino-alcohol motifs (C(OH)–C–C–N with tert-alkyl or cyclic N) is 1. The summed E-state index contributed by atoms with van der Waals surface area (Å²) in [5.41, 5.74) is 8.51. The Kier molecular flexibility index (Phi) is 6.85. The summed E-state index contributed by atoms with van der Waals surface area (Å²) in [6.45, 7) is 2.76. The lowest BCUT2D eigenvalue weighted by Gasteiger charge is -2.33. The van der Waals surface area contributed by atoms with E-state index in [9.17, 15) is 9.90 Å². The minimum atomic E-state index is -0.468. The minimum absolute atomic E-state index is 0.130. The number of hydrogen-bond acceptors (Lipinski definition) is 8. The van der Waals surface area contributed by atoms with Crippen LogP contribution in [0.3, 0.4) is 0 Å². The number of piperidine rings is 1. The summed E-state index contributed by atoms with van der Waals surface area (Å²) in [4.78, 5) is 27.1. The molecule has 3 aromatic heterocycles. The van der Waals surface area contributed by atoms with Crippen molar-refractivity contribution in [2.45, 2.75) is 37.5 Å². The van der Waals surface area contributed by atoms with E-state index in [4.69, 9.17) is 27.1 Å². The highest BCUT2D eigenvalue weighted by molar-refractivity contribution is 6.34. The van der Waals surface area contributed by atoms with Crippen molar-refractivity contribution in [3.63, 3.8) is 0 Å². The van der Waals surface area contributed by atoms with Crippen LogP contribution >= 0.6 is 11.6 Å². The zero-order valence-corrected chi connectivity index (χ0v) is 22.0. The number of carbonyl (C=O) groups excluding carboxylic acids is 1. The maximum atomic E-state index is 12.2. The number of hydrogen-bond donors (Lipinski definition) is 4. The average Bonchev–Trinajstić information content (AvgIpc) is 3.69. The lowest BCUT2D eigenvalue weighted by Crippen LogP contribution is -2.41. The Balaban J connectivity index is 1.19. The summed E-state index contributed by atoms with van der Waals surface area (Å²) in [7, 11) is 1.60. The quantitative estimate of drug-likeness (QED) is 0.302. The molecule has 11 nitrogen and oxygen atoms in total. The SMILES string of the molecule is COC[C@H](O)CN1CCC(n2cc(-c3nc4c(N[C@H]5[C@@H](C(N)=O)[C@@H]6C=C[C@H]5C6)c(Cl)cnc4[nH]3)cn2)CC1. The van der Waals surface area contributed by atoms with E-state index in [0.29, 0.717) is 40.8 Å². The van der Waals surface area contributed by atoms with Crippen LogP contribution in [0.1, 0.15) is 25.3 Å². The van der Waals surface area contributed by atoms with Crippen LogP contribution in [-0.2, 0) is 9.53 Å². The first-order chi connectivity index (χ1) is 18.4. The van der Waals surface area contributed by atoms with Gasteiger partial charge in [-0.2, -0.15) is 5.10 Å². The summed E-state index contributed by atoms with van der Waals surface area (Å²) in [5, 5.41) is 18.6. The molecule has 0 aromatic carbocycles. The molecule has 0 radical (unpaired) electrons. The van der Waals surface area contributed by atoms with E-state index in [2.05, 4.69) is 37.4 Å². The number of ether oxygens (including phenoxy) is 1. The lowest BCUT2D eigenvalue weighted by molar-refractivity contribution is -0.122. The standard InChI is InChI=1S/C26H33ClN8O3/c1-38-13-18(36)12-34-6-4-17(5-7-34)35-11-16(9-30-35)25-32-23-22(19(27)10-29-26(23)33-25)31-21-15-3-2-14(8-15)20(21)24(28)37/h2-3,9-11,14-15,17-18,20-21,36H,4-8,12-13H2,1H3,(H2,28,37)(H2,29,31,32,33)/t14-,15+,18-,20+,21-/m1/s1. The van der Waals surface area contributed by atoms with Gasteiger partial charge in [0.15, 0.2) is 5.65 Å². The molecule has 3 aliphatic rings. The summed E-state index contributed by atoms with van der Waals surface area (Å²) >= 11 is 6.58. The number of pyridine rings is 1. The molecule has 3 aromatic rings. The fourth-order valence-electron chi connectivity index (χ4n) is 6.35. The highest BCUT2D eigenvalue weighted by Crippen LogP contribution is 2.46. The molecule has 1 saturated heterocycles. The number of likely N-dealkylation sites (tertiary alicyclic amines) is 1. The zero-order chi connectivity index (χ0) is 26.4. The molecule has 0 spiro atoms. The van der Waals surface area contributed by atoms with Gasteiger partial charge in [-0.15, -0.1) is 0 Å². The van der Waals surface area contributed by atoms with Crippen LogP contribution in [-0.4, -0.2) is 86.1 Å². The van der Waals surface area contributed by atoms with Crippen LogP contribution in [0.5, 0.6) is 0 Å². The van der Waals surface area contributed by atoms with E-state index in [0.717, 1.165) is 37.9 Å². The number of aromatic amines is 1. The van der Waals surface area contributed by atoms with Gasteiger partial charge in [-0.1, -0.05) is 23.8 Å². The van der Waals surface area contributed by atoms with Gasteiger partial charge < -0.3 is 30.8 Å². The van der Waals surface area contributed by atoms with E-state index >= 15 is 0 Å². The smallest absolute Gasteiger partial charge is 0.223 e. The number of aliphatic hydroxyl groups is 1. The normalized spacial score (nSPS) is 26.4. The first kappa shape index (κ1) is 25.3. The van der Waals surface area contributed by atoms with E-state index in [-0.39, 0.29) is 35.7 Å². The summed E-state index contributed by atoms with van der Waals surface area (Å²) in [6, 6.07) is 0.153. The predicted octanol–water partition coefficient (Wildman–Crippen LogP) is 2.21. The number of primary amides is 1. The summed E-state index contributed by atoms with van der Waals surface area (Å²) in [5.74, 6) is 0.462. The molecule has 6 rings (SSSR count). The number of rotatable bonds is 9. The van der Waals surface area contributed by atoms with Gasteiger partial charge in [-0.25, -0.2) is 9.97 Å². The first-order valence-electron chi connectivity index (χ1n) is 13.1. The van der Waals surface area contributed by atoms with Gasteiger partial charge in [-0.05, 0) is 31.1 Å². The number of aromatic nitrogens is 5. The summed E-state index contributed by atoms with van der Waals surface area (Å²) in [6.07, 6.45) is 12.0. The third kappa shape index (κ3) is 4.68. The van der Waals surface area contributed by atoms with Gasteiger partial charge >= 0.3 is 0 Å². The number of carbonyl (C=O) groups is 1. The molecule has 38 heavy (non-hydrogen) atoms. The number of fused-ring (bicyclic) bond motifs is 3. The number of amides is 1. The van der Waals surface area contributed by atoms with E-state index < -0.39 is 6.10 Å². The number of anilines is 1. The topological polar surface area (TPSA) is 147 Å². The maximum absolute atomic E-state index is 12.2. The highest BCUT2D eigenvalue weighted by Gasteiger charge is 2.47. The van der Waals surface area contributed by atoms with E-state index in [1.165, 1.54) is 0 Å². The van der Waals surface area contributed by atoms with Crippen molar-refractivity contribution < 1.29 is 14.6 Å². The molecule has 2 fully saturated rings. The Labute approximate surface area is 225 Å².